The van der Waals surface area contributed by atoms with E-state index in [0.717, 1.165) is 25.0 Å². The smallest absolute Gasteiger partial charge is 0.269 e. The minimum absolute atomic E-state index is 0.165. The van der Waals surface area contributed by atoms with Crippen LogP contribution in [0.15, 0.2) is 48.5 Å². The van der Waals surface area contributed by atoms with Crippen molar-refractivity contribution in [1.82, 2.24) is 16.2 Å². The number of hydrogen-bond donors (Lipinski definition) is 3. The number of amides is 1. The fourth-order valence-corrected chi connectivity index (χ4v) is 2.97. The standard InChI is InChI=1S/C21H22N4O3S/c22-12-15-6-8-18(9-7-15)28-14-16-3-1-4-17(11-16)20(26)24-25-21(29)23-13-19-5-2-10-27-19/h1,3-4,6-9,11,19H,2,5,10,13-14H2,(H,24,26)(H2,23,25,29)/t19-/m0/s1. The van der Waals surface area contributed by atoms with Gasteiger partial charge in [-0.05, 0) is 67.0 Å². The summed E-state index contributed by atoms with van der Waals surface area (Å²) in [6, 6.07) is 16.1. The molecule has 7 nitrogen and oxygen atoms in total. The van der Waals surface area contributed by atoms with Gasteiger partial charge in [0.05, 0.1) is 17.7 Å². The molecule has 0 bridgehead atoms. The van der Waals surface area contributed by atoms with Gasteiger partial charge < -0.3 is 14.8 Å². The molecule has 0 saturated carbocycles. The molecule has 0 aliphatic carbocycles. The minimum atomic E-state index is -0.300. The lowest BCUT2D eigenvalue weighted by atomic mass is 10.1. The lowest BCUT2D eigenvalue weighted by Gasteiger charge is -2.14. The molecule has 1 amide bonds. The molecule has 8 heteroatoms. The number of hydrogen-bond acceptors (Lipinski definition) is 5. The second kappa shape index (κ2) is 10.4. The molecule has 1 aliphatic heterocycles. The Balaban J connectivity index is 1.45. The molecule has 150 valence electrons. The minimum Gasteiger partial charge on any atom is -0.489 e. The van der Waals surface area contributed by atoms with Gasteiger partial charge in [-0.1, -0.05) is 12.1 Å². The molecule has 1 atom stereocenters. The topological polar surface area (TPSA) is 95.4 Å². The number of carbonyl (C=O) groups is 1. The Morgan fingerprint density at radius 3 is 2.79 bits per heavy atom. The van der Waals surface area contributed by atoms with Crippen molar-refractivity contribution in [2.75, 3.05) is 13.2 Å². The molecule has 2 aromatic carbocycles. The van der Waals surface area contributed by atoms with E-state index in [1.165, 1.54) is 0 Å². The van der Waals surface area contributed by atoms with E-state index in [-0.39, 0.29) is 12.0 Å². The predicted molar refractivity (Wildman–Crippen MR) is 112 cm³/mol. The molecule has 0 radical (unpaired) electrons. The van der Waals surface area contributed by atoms with Crippen molar-refractivity contribution in [3.63, 3.8) is 0 Å². The Kier molecular flexibility index (Phi) is 7.39. The van der Waals surface area contributed by atoms with Gasteiger partial charge in [0.1, 0.15) is 12.4 Å². The highest BCUT2D eigenvalue weighted by atomic mass is 32.1. The highest BCUT2D eigenvalue weighted by Crippen LogP contribution is 2.14. The Bertz CT molecular complexity index is 890. The van der Waals surface area contributed by atoms with Gasteiger partial charge in [-0.2, -0.15) is 5.26 Å². The molecular weight excluding hydrogens is 388 g/mol. The number of nitriles is 1. The van der Waals surface area contributed by atoms with Crippen LogP contribution in [0.25, 0.3) is 0 Å². The van der Waals surface area contributed by atoms with E-state index in [2.05, 4.69) is 22.2 Å². The summed E-state index contributed by atoms with van der Waals surface area (Å²) in [5, 5.41) is 12.2. The Morgan fingerprint density at radius 2 is 2.07 bits per heavy atom. The van der Waals surface area contributed by atoms with E-state index in [4.69, 9.17) is 27.0 Å². The van der Waals surface area contributed by atoms with E-state index in [1.807, 2.05) is 6.07 Å². The molecule has 2 aromatic rings. The maximum absolute atomic E-state index is 12.3. The van der Waals surface area contributed by atoms with Crippen LogP contribution in [0.5, 0.6) is 5.75 Å². The second-order valence-corrected chi connectivity index (χ2v) is 6.96. The van der Waals surface area contributed by atoms with Crippen LogP contribution < -0.4 is 20.9 Å². The first kappa shape index (κ1) is 20.6. The fraction of sp³-hybridized carbons (Fsp3) is 0.286. The van der Waals surface area contributed by atoms with Crippen molar-refractivity contribution in [3.05, 3.63) is 65.2 Å². The summed E-state index contributed by atoms with van der Waals surface area (Å²) in [5.41, 5.74) is 7.19. The lowest BCUT2D eigenvalue weighted by Crippen LogP contribution is -2.48. The van der Waals surface area contributed by atoms with Crippen molar-refractivity contribution < 1.29 is 14.3 Å². The SMILES string of the molecule is N#Cc1ccc(OCc2cccc(C(=O)NNC(=S)NC[C@@H]3CCCO3)c2)cc1. The molecule has 0 spiro atoms. The average Bonchev–Trinajstić information content (AvgIpc) is 3.29. The third-order valence-corrected chi connectivity index (χ3v) is 4.63. The van der Waals surface area contributed by atoms with Crippen molar-refractivity contribution in [3.8, 4) is 11.8 Å². The van der Waals surface area contributed by atoms with Gasteiger partial charge in [0.25, 0.3) is 5.91 Å². The van der Waals surface area contributed by atoms with Crippen molar-refractivity contribution in [1.29, 1.82) is 5.26 Å². The number of benzene rings is 2. The van der Waals surface area contributed by atoms with Gasteiger partial charge in [0, 0.05) is 18.7 Å². The molecule has 3 rings (SSSR count). The van der Waals surface area contributed by atoms with Gasteiger partial charge in [0.15, 0.2) is 5.11 Å². The molecule has 1 heterocycles. The Hall–Kier alpha value is -3.15. The molecule has 1 aliphatic rings. The first-order chi connectivity index (χ1) is 14.1. The summed E-state index contributed by atoms with van der Waals surface area (Å²) in [6.07, 6.45) is 2.24. The van der Waals surface area contributed by atoms with Gasteiger partial charge >= 0.3 is 0 Å². The highest BCUT2D eigenvalue weighted by molar-refractivity contribution is 7.80. The Morgan fingerprint density at radius 1 is 1.24 bits per heavy atom. The number of hydrazine groups is 1. The Labute approximate surface area is 175 Å². The molecule has 0 unspecified atom stereocenters. The first-order valence-electron chi connectivity index (χ1n) is 9.32. The maximum Gasteiger partial charge on any atom is 0.269 e. The summed E-state index contributed by atoms with van der Waals surface area (Å²) < 4.78 is 11.2. The van der Waals surface area contributed by atoms with Crippen LogP contribution >= 0.6 is 12.2 Å². The van der Waals surface area contributed by atoms with Crippen LogP contribution in [0.1, 0.15) is 34.3 Å². The quantitative estimate of drug-likeness (QED) is 0.497. The number of carbonyl (C=O) groups excluding carboxylic acids is 1. The summed E-state index contributed by atoms with van der Waals surface area (Å²) in [6.45, 7) is 1.71. The van der Waals surface area contributed by atoms with Gasteiger partial charge in [-0.3, -0.25) is 15.6 Å². The van der Waals surface area contributed by atoms with E-state index in [1.54, 1.807) is 42.5 Å². The maximum atomic E-state index is 12.3. The van der Waals surface area contributed by atoms with Crippen LogP contribution in [0.4, 0.5) is 0 Å². The first-order valence-corrected chi connectivity index (χ1v) is 9.72. The third kappa shape index (κ3) is 6.45. The zero-order valence-electron chi connectivity index (χ0n) is 15.8. The van der Waals surface area contributed by atoms with E-state index in [0.29, 0.717) is 35.1 Å². The third-order valence-electron chi connectivity index (χ3n) is 4.38. The number of nitrogens with one attached hydrogen (secondary N) is 3. The summed E-state index contributed by atoms with van der Waals surface area (Å²) in [7, 11) is 0. The van der Waals surface area contributed by atoms with E-state index < -0.39 is 0 Å². The monoisotopic (exact) mass is 410 g/mol. The van der Waals surface area contributed by atoms with Crippen LogP contribution in [0.3, 0.4) is 0 Å². The highest BCUT2D eigenvalue weighted by Gasteiger charge is 2.15. The van der Waals surface area contributed by atoms with Gasteiger partial charge in [-0.25, -0.2) is 0 Å². The van der Waals surface area contributed by atoms with Crippen LogP contribution in [-0.2, 0) is 11.3 Å². The molecule has 3 N–H and O–H groups in total. The number of rotatable bonds is 6. The largest absolute Gasteiger partial charge is 0.489 e. The van der Waals surface area contributed by atoms with E-state index in [9.17, 15) is 4.79 Å². The van der Waals surface area contributed by atoms with Gasteiger partial charge in [0.2, 0.25) is 0 Å². The second-order valence-electron chi connectivity index (χ2n) is 6.55. The fourth-order valence-electron chi connectivity index (χ4n) is 2.84. The molecule has 1 saturated heterocycles. The number of thiocarbonyl (C=S) groups is 1. The lowest BCUT2D eigenvalue weighted by molar-refractivity contribution is 0.0943. The normalized spacial score (nSPS) is 15.2. The van der Waals surface area contributed by atoms with Crippen LogP contribution in [-0.4, -0.2) is 30.3 Å². The van der Waals surface area contributed by atoms with Crippen molar-refractivity contribution in [2.24, 2.45) is 0 Å². The molecular formula is C21H22N4O3S. The zero-order valence-corrected chi connectivity index (χ0v) is 16.6. The van der Waals surface area contributed by atoms with Crippen LogP contribution in [0.2, 0.25) is 0 Å². The average molecular weight is 410 g/mol. The molecule has 0 aromatic heterocycles. The zero-order chi connectivity index (χ0) is 20.5. The van der Waals surface area contributed by atoms with Crippen molar-refractivity contribution >= 4 is 23.2 Å². The summed E-state index contributed by atoms with van der Waals surface area (Å²) in [5.74, 6) is 0.356. The molecule has 29 heavy (non-hydrogen) atoms. The predicted octanol–water partition coefficient (Wildman–Crippen LogP) is 2.43. The number of ether oxygens (including phenoxy) is 2. The summed E-state index contributed by atoms with van der Waals surface area (Å²) >= 11 is 5.16. The van der Waals surface area contributed by atoms with E-state index >= 15 is 0 Å². The van der Waals surface area contributed by atoms with Crippen LogP contribution in [0, 0.1) is 11.3 Å². The number of nitrogens with zero attached hydrogens (tertiary/aromatic N) is 1. The van der Waals surface area contributed by atoms with Gasteiger partial charge in [-0.15, -0.1) is 0 Å². The molecule has 1 fully saturated rings. The summed E-state index contributed by atoms with van der Waals surface area (Å²) in [4.78, 5) is 12.3. The van der Waals surface area contributed by atoms with Crippen molar-refractivity contribution in [2.45, 2.75) is 25.6 Å².